The number of hydrogen-bond acceptors (Lipinski definition) is 4. The van der Waals surface area contributed by atoms with Crippen molar-refractivity contribution >= 4 is 15.9 Å². The SMILES string of the molecule is COc1ccc(C)cc1S(=O)(=O)N[C@@H]1CN(C(C)=O)C[C@H]1C1CC1. The Morgan fingerprint density at radius 3 is 2.58 bits per heavy atom. The smallest absolute Gasteiger partial charge is 0.244 e. The maximum absolute atomic E-state index is 12.9. The third-order valence-corrected chi connectivity index (χ3v) is 6.46. The van der Waals surface area contributed by atoms with E-state index in [1.165, 1.54) is 14.0 Å². The summed E-state index contributed by atoms with van der Waals surface area (Å²) < 4.78 is 33.8. The molecule has 0 aromatic heterocycles. The molecule has 0 spiro atoms. The van der Waals surface area contributed by atoms with Crippen molar-refractivity contribution in [3.63, 3.8) is 0 Å². The molecule has 1 N–H and O–H groups in total. The van der Waals surface area contributed by atoms with Crippen molar-refractivity contribution in [2.45, 2.75) is 37.6 Å². The van der Waals surface area contributed by atoms with Crippen LogP contribution < -0.4 is 9.46 Å². The summed E-state index contributed by atoms with van der Waals surface area (Å²) in [5.74, 6) is 1.04. The van der Waals surface area contributed by atoms with Crippen molar-refractivity contribution in [1.82, 2.24) is 9.62 Å². The third kappa shape index (κ3) is 3.42. The Labute approximate surface area is 143 Å². The van der Waals surface area contributed by atoms with E-state index in [0.717, 1.165) is 18.4 Å². The van der Waals surface area contributed by atoms with Gasteiger partial charge in [0.2, 0.25) is 15.9 Å². The number of hydrogen-bond donors (Lipinski definition) is 1. The molecule has 2 atom stereocenters. The van der Waals surface area contributed by atoms with Gasteiger partial charge in [-0.25, -0.2) is 13.1 Å². The second-order valence-corrected chi connectivity index (χ2v) is 8.49. The van der Waals surface area contributed by atoms with E-state index < -0.39 is 10.0 Å². The Morgan fingerprint density at radius 2 is 2.00 bits per heavy atom. The number of amides is 1. The average molecular weight is 352 g/mol. The first kappa shape index (κ1) is 17.2. The molecule has 1 heterocycles. The van der Waals surface area contributed by atoms with E-state index in [1.807, 2.05) is 13.0 Å². The Bertz CT molecular complexity index is 743. The fourth-order valence-electron chi connectivity index (χ4n) is 3.47. The molecule has 1 aromatic carbocycles. The maximum Gasteiger partial charge on any atom is 0.244 e. The van der Waals surface area contributed by atoms with Gasteiger partial charge in [-0.2, -0.15) is 0 Å². The van der Waals surface area contributed by atoms with Crippen molar-refractivity contribution in [3.05, 3.63) is 23.8 Å². The van der Waals surface area contributed by atoms with Crippen LogP contribution in [0.4, 0.5) is 0 Å². The van der Waals surface area contributed by atoms with Crippen LogP contribution in [0.2, 0.25) is 0 Å². The fraction of sp³-hybridized carbons (Fsp3) is 0.588. The van der Waals surface area contributed by atoms with Gasteiger partial charge in [0.25, 0.3) is 0 Å². The number of benzene rings is 1. The number of ether oxygens (including phenoxy) is 1. The standard InChI is InChI=1S/C17H24N2O4S/c1-11-4-7-16(23-3)17(8-11)24(21,22)18-15-10-19(12(2)20)9-14(15)13-5-6-13/h4,7-8,13-15,18H,5-6,9-10H2,1-3H3/t14-,15+/m0/s1. The van der Waals surface area contributed by atoms with Gasteiger partial charge in [0, 0.05) is 26.1 Å². The van der Waals surface area contributed by atoms with Gasteiger partial charge in [0.1, 0.15) is 10.6 Å². The van der Waals surface area contributed by atoms with Crippen LogP contribution >= 0.6 is 0 Å². The first-order valence-electron chi connectivity index (χ1n) is 8.24. The Kier molecular flexibility index (Phi) is 4.57. The number of rotatable bonds is 5. The van der Waals surface area contributed by atoms with Gasteiger partial charge in [-0.15, -0.1) is 0 Å². The molecule has 24 heavy (non-hydrogen) atoms. The normalized spacial score (nSPS) is 24.2. The van der Waals surface area contributed by atoms with Crippen molar-refractivity contribution < 1.29 is 17.9 Å². The third-order valence-electron chi connectivity index (χ3n) is 4.95. The summed E-state index contributed by atoms with van der Waals surface area (Å²) in [6, 6.07) is 4.86. The number of nitrogens with one attached hydrogen (secondary N) is 1. The zero-order chi connectivity index (χ0) is 17.5. The predicted octanol–water partition coefficient (Wildman–Crippen LogP) is 1.54. The van der Waals surface area contributed by atoms with E-state index in [2.05, 4.69) is 4.72 Å². The first-order valence-corrected chi connectivity index (χ1v) is 9.72. The number of carbonyl (C=O) groups is 1. The maximum atomic E-state index is 12.9. The lowest BCUT2D eigenvalue weighted by atomic mass is 9.99. The minimum atomic E-state index is -3.71. The van der Waals surface area contributed by atoms with Crippen LogP contribution in [0.25, 0.3) is 0 Å². The van der Waals surface area contributed by atoms with E-state index >= 15 is 0 Å². The molecule has 0 bridgehead atoms. The van der Waals surface area contributed by atoms with Crippen molar-refractivity contribution in [2.24, 2.45) is 11.8 Å². The van der Waals surface area contributed by atoms with Crippen LogP contribution in [-0.4, -0.2) is 45.5 Å². The van der Waals surface area contributed by atoms with Gasteiger partial charge in [0.05, 0.1) is 7.11 Å². The van der Waals surface area contributed by atoms with Crippen molar-refractivity contribution in [1.29, 1.82) is 0 Å². The van der Waals surface area contributed by atoms with E-state index in [9.17, 15) is 13.2 Å². The number of carbonyl (C=O) groups excluding carboxylic acids is 1. The Morgan fingerprint density at radius 1 is 1.29 bits per heavy atom. The molecule has 2 fully saturated rings. The van der Waals surface area contributed by atoms with Crippen LogP contribution in [0.5, 0.6) is 5.75 Å². The molecule has 1 saturated heterocycles. The number of methoxy groups -OCH3 is 1. The van der Waals surface area contributed by atoms with Crippen LogP contribution in [-0.2, 0) is 14.8 Å². The molecule has 7 heteroatoms. The molecular weight excluding hydrogens is 328 g/mol. The molecule has 3 rings (SSSR count). The van der Waals surface area contributed by atoms with E-state index in [-0.39, 0.29) is 22.8 Å². The first-order chi connectivity index (χ1) is 11.3. The highest BCUT2D eigenvalue weighted by molar-refractivity contribution is 7.89. The lowest BCUT2D eigenvalue weighted by Gasteiger charge is -2.20. The molecule has 132 valence electrons. The summed E-state index contributed by atoms with van der Waals surface area (Å²) in [5, 5.41) is 0. The summed E-state index contributed by atoms with van der Waals surface area (Å²) in [4.78, 5) is 13.6. The van der Waals surface area contributed by atoms with Gasteiger partial charge < -0.3 is 9.64 Å². The molecule has 0 radical (unpaired) electrons. The van der Waals surface area contributed by atoms with Gasteiger partial charge in [-0.1, -0.05) is 6.07 Å². The highest BCUT2D eigenvalue weighted by Gasteiger charge is 2.44. The summed E-state index contributed by atoms with van der Waals surface area (Å²) in [6.45, 7) is 4.45. The minimum absolute atomic E-state index is 0.00418. The molecule has 0 unspecified atom stereocenters. The molecule has 1 aliphatic heterocycles. The Balaban J connectivity index is 1.86. The molecule has 1 amide bonds. The molecule has 1 aromatic rings. The summed E-state index contributed by atoms with van der Waals surface area (Å²) in [7, 11) is -2.25. The Hall–Kier alpha value is -1.60. The number of aryl methyl sites for hydroxylation is 1. The largest absolute Gasteiger partial charge is 0.495 e. The zero-order valence-corrected chi connectivity index (χ0v) is 15.1. The minimum Gasteiger partial charge on any atom is -0.495 e. The van der Waals surface area contributed by atoms with Crippen molar-refractivity contribution in [3.8, 4) is 5.75 Å². The van der Waals surface area contributed by atoms with Crippen LogP contribution in [0.1, 0.15) is 25.3 Å². The highest BCUT2D eigenvalue weighted by atomic mass is 32.2. The van der Waals surface area contributed by atoms with Crippen LogP contribution in [0.15, 0.2) is 23.1 Å². The molecule has 2 aliphatic rings. The second-order valence-electron chi connectivity index (χ2n) is 6.81. The number of likely N-dealkylation sites (tertiary alicyclic amines) is 1. The summed E-state index contributed by atoms with van der Waals surface area (Å²) in [5.41, 5.74) is 0.853. The molecule has 6 nitrogen and oxygen atoms in total. The molecule has 1 saturated carbocycles. The van der Waals surface area contributed by atoms with E-state index in [1.54, 1.807) is 17.0 Å². The fourth-order valence-corrected chi connectivity index (χ4v) is 5.00. The average Bonchev–Trinajstić information content (AvgIpc) is 3.28. The van der Waals surface area contributed by atoms with E-state index in [4.69, 9.17) is 4.74 Å². The van der Waals surface area contributed by atoms with E-state index in [0.29, 0.717) is 24.8 Å². The second kappa shape index (κ2) is 6.37. The van der Waals surface area contributed by atoms with Gasteiger partial charge in [-0.3, -0.25) is 4.79 Å². The number of nitrogens with zero attached hydrogens (tertiary/aromatic N) is 1. The van der Waals surface area contributed by atoms with Crippen molar-refractivity contribution in [2.75, 3.05) is 20.2 Å². The zero-order valence-electron chi connectivity index (χ0n) is 14.3. The summed E-state index contributed by atoms with van der Waals surface area (Å²) in [6.07, 6.45) is 2.23. The van der Waals surface area contributed by atoms with Gasteiger partial charge in [0.15, 0.2) is 0 Å². The topological polar surface area (TPSA) is 75.7 Å². The molecular formula is C17H24N2O4S. The highest BCUT2D eigenvalue weighted by Crippen LogP contribution is 2.42. The monoisotopic (exact) mass is 352 g/mol. The van der Waals surface area contributed by atoms with Crippen LogP contribution in [0, 0.1) is 18.8 Å². The lowest BCUT2D eigenvalue weighted by Crippen LogP contribution is -2.41. The van der Waals surface area contributed by atoms with Gasteiger partial charge >= 0.3 is 0 Å². The molecule has 1 aliphatic carbocycles. The number of sulfonamides is 1. The predicted molar refractivity (Wildman–Crippen MR) is 90.3 cm³/mol. The summed E-state index contributed by atoms with van der Waals surface area (Å²) >= 11 is 0. The lowest BCUT2D eigenvalue weighted by molar-refractivity contribution is -0.128. The quantitative estimate of drug-likeness (QED) is 0.872. The van der Waals surface area contributed by atoms with Gasteiger partial charge in [-0.05, 0) is 49.3 Å². The van der Waals surface area contributed by atoms with Crippen LogP contribution in [0.3, 0.4) is 0 Å².